The summed E-state index contributed by atoms with van der Waals surface area (Å²) in [6.07, 6.45) is 0.519. The van der Waals surface area contributed by atoms with Crippen LogP contribution in [0.4, 0.5) is 9.18 Å². The van der Waals surface area contributed by atoms with Crippen molar-refractivity contribution in [2.75, 3.05) is 0 Å². The minimum absolute atomic E-state index is 0.0282. The van der Waals surface area contributed by atoms with Crippen LogP contribution in [0.1, 0.15) is 25.7 Å². The van der Waals surface area contributed by atoms with Crippen LogP contribution in [0.5, 0.6) is 0 Å². The van der Waals surface area contributed by atoms with Crippen LogP contribution < -0.4 is 5.32 Å². The van der Waals surface area contributed by atoms with Gasteiger partial charge in [-0.2, -0.15) is 0 Å². The highest BCUT2D eigenvalue weighted by Gasteiger charge is 2.21. The molecule has 0 heterocycles. The molecule has 0 aromatic heterocycles. The lowest BCUT2D eigenvalue weighted by molar-refractivity contribution is 0.175. The Morgan fingerprint density at radius 2 is 1.91 bits per heavy atom. The van der Waals surface area contributed by atoms with Crippen molar-refractivity contribution in [2.45, 2.75) is 37.9 Å². The van der Waals surface area contributed by atoms with Gasteiger partial charge in [-0.3, -0.25) is 0 Å². The standard InChI is InChI=1S/C7H12FNO2/c8-5-1-3-6(4-2-5)9-7(10)11/h5-6,9H,1-4H2,(H,10,11). The van der Waals surface area contributed by atoms with E-state index in [9.17, 15) is 9.18 Å². The molecule has 0 aromatic rings. The van der Waals surface area contributed by atoms with Gasteiger partial charge in [-0.1, -0.05) is 0 Å². The molecule has 0 unspecified atom stereocenters. The quantitative estimate of drug-likeness (QED) is 0.612. The normalized spacial score (nSPS) is 31.4. The maximum absolute atomic E-state index is 12.5. The van der Waals surface area contributed by atoms with Gasteiger partial charge in [0.2, 0.25) is 0 Å². The third kappa shape index (κ3) is 2.74. The van der Waals surface area contributed by atoms with Gasteiger partial charge in [-0.25, -0.2) is 9.18 Å². The van der Waals surface area contributed by atoms with Crippen molar-refractivity contribution in [2.24, 2.45) is 0 Å². The number of rotatable bonds is 1. The average molecular weight is 161 g/mol. The number of hydrogen-bond acceptors (Lipinski definition) is 1. The maximum atomic E-state index is 12.5. The summed E-state index contributed by atoms with van der Waals surface area (Å²) >= 11 is 0. The molecular weight excluding hydrogens is 149 g/mol. The van der Waals surface area contributed by atoms with E-state index < -0.39 is 12.3 Å². The molecule has 11 heavy (non-hydrogen) atoms. The molecule has 0 atom stereocenters. The van der Waals surface area contributed by atoms with Crippen LogP contribution in [0, 0.1) is 0 Å². The number of carbonyl (C=O) groups is 1. The first-order valence-corrected chi connectivity index (χ1v) is 3.82. The highest BCUT2D eigenvalue weighted by atomic mass is 19.1. The van der Waals surface area contributed by atoms with Crippen molar-refractivity contribution < 1.29 is 14.3 Å². The maximum Gasteiger partial charge on any atom is 0.404 e. The van der Waals surface area contributed by atoms with Crippen molar-refractivity contribution in [3.8, 4) is 0 Å². The van der Waals surface area contributed by atoms with Gasteiger partial charge in [0.05, 0.1) is 0 Å². The van der Waals surface area contributed by atoms with Crippen LogP contribution in [0.25, 0.3) is 0 Å². The van der Waals surface area contributed by atoms with Gasteiger partial charge in [0.15, 0.2) is 0 Å². The number of hydrogen-bond donors (Lipinski definition) is 2. The Morgan fingerprint density at radius 3 is 2.36 bits per heavy atom. The van der Waals surface area contributed by atoms with Crippen LogP contribution >= 0.6 is 0 Å². The lowest BCUT2D eigenvalue weighted by Crippen LogP contribution is -2.36. The third-order valence-corrected chi connectivity index (χ3v) is 1.98. The first-order chi connectivity index (χ1) is 5.18. The van der Waals surface area contributed by atoms with Crippen molar-refractivity contribution in [3.63, 3.8) is 0 Å². The van der Waals surface area contributed by atoms with Crippen molar-refractivity contribution >= 4 is 6.09 Å². The first-order valence-electron chi connectivity index (χ1n) is 3.82. The van der Waals surface area contributed by atoms with Crippen molar-refractivity contribution in [1.29, 1.82) is 0 Å². The predicted octanol–water partition coefficient (Wildman–Crippen LogP) is 1.53. The summed E-state index contributed by atoms with van der Waals surface area (Å²) in [5.41, 5.74) is 0. The van der Waals surface area contributed by atoms with E-state index in [0.717, 1.165) is 0 Å². The molecule has 0 spiro atoms. The summed E-state index contributed by atoms with van der Waals surface area (Å²) in [6.45, 7) is 0. The fraction of sp³-hybridized carbons (Fsp3) is 0.857. The SMILES string of the molecule is O=C(O)NC1CCC(F)CC1. The molecule has 1 aliphatic carbocycles. The van der Waals surface area contributed by atoms with E-state index in [1.165, 1.54) is 0 Å². The van der Waals surface area contributed by atoms with Crippen LogP contribution in [0.15, 0.2) is 0 Å². The summed E-state index contributed by atoms with van der Waals surface area (Å²) in [7, 11) is 0. The van der Waals surface area contributed by atoms with E-state index in [2.05, 4.69) is 5.32 Å². The van der Waals surface area contributed by atoms with Crippen LogP contribution in [-0.4, -0.2) is 23.4 Å². The van der Waals surface area contributed by atoms with Crippen molar-refractivity contribution in [3.05, 3.63) is 0 Å². The molecule has 64 valence electrons. The predicted molar refractivity (Wildman–Crippen MR) is 38.3 cm³/mol. The Kier molecular flexibility index (Phi) is 2.68. The van der Waals surface area contributed by atoms with E-state index >= 15 is 0 Å². The zero-order chi connectivity index (χ0) is 8.27. The summed E-state index contributed by atoms with van der Waals surface area (Å²) in [4.78, 5) is 10.1. The van der Waals surface area contributed by atoms with Crippen LogP contribution in [0.2, 0.25) is 0 Å². The summed E-state index contributed by atoms with van der Waals surface area (Å²) < 4.78 is 12.5. The molecule has 0 bridgehead atoms. The summed E-state index contributed by atoms with van der Waals surface area (Å²) in [5.74, 6) is 0. The van der Waals surface area contributed by atoms with E-state index in [1.807, 2.05) is 0 Å². The number of nitrogens with one attached hydrogen (secondary N) is 1. The molecule has 1 saturated carbocycles. The minimum atomic E-state index is -1.01. The fourth-order valence-electron chi connectivity index (χ4n) is 1.37. The van der Waals surface area contributed by atoms with Gasteiger partial charge < -0.3 is 10.4 Å². The van der Waals surface area contributed by atoms with Gasteiger partial charge in [-0.05, 0) is 25.7 Å². The number of alkyl halides is 1. The average Bonchev–Trinajstić information content (AvgIpc) is 1.93. The second-order valence-corrected chi connectivity index (χ2v) is 2.90. The van der Waals surface area contributed by atoms with E-state index in [4.69, 9.17) is 5.11 Å². The molecule has 1 amide bonds. The zero-order valence-corrected chi connectivity index (χ0v) is 6.22. The molecule has 1 aliphatic rings. The Morgan fingerprint density at radius 1 is 1.36 bits per heavy atom. The van der Waals surface area contributed by atoms with Crippen LogP contribution in [-0.2, 0) is 0 Å². The second-order valence-electron chi connectivity index (χ2n) is 2.90. The molecule has 2 N–H and O–H groups in total. The summed E-state index contributed by atoms with van der Waals surface area (Å²) in [5, 5.41) is 10.7. The van der Waals surface area contributed by atoms with Crippen molar-refractivity contribution in [1.82, 2.24) is 5.32 Å². The molecule has 0 saturated heterocycles. The molecule has 0 aromatic carbocycles. The van der Waals surface area contributed by atoms with Crippen LogP contribution in [0.3, 0.4) is 0 Å². The fourth-order valence-corrected chi connectivity index (χ4v) is 1.37. The van der Waals surface area contributed by atoms with E-state index in [1.54, 1.807) is 0 Å². The van der Waals surface area contributed by atoms with Gasteiger partial charge in [0.25, 0.3) is 0 Å². The molecular formula is C7H12FNO2. The lowest BCUT2D eigenvalue weighted by atomic mass is 9.94. The Hall–Kier alpha value is -0.800. The Balaban J connectivity index is 2.22. The highest BCUT2D eigenvalue weighted by Crippen LogP contribution is 2.20. The Labute approximate surface area is 64.6 Å². The number of halogens is 1. The summed E-state index contributed by atoms with van der Waals surface area (Å²) in [6, 6.07) is -0.0282. The Bertz CT molecular complexity index is 143. The molecule has 1 rings (SSSR count). The zero-order valence-electron chi connectivity index (χ0n) is 6.22. The van der Waals surface area contributed by atoms with E-state index in [-0.39, 0.29) is 6.04 Å². The molecule has 0 aliphatic heterocycles. The smallest absolute Gasteiger partial charge is 0.404 e. The largest absolute Gasteiger partial charge is 0.465 e. The molecule has 4 heteroatoms. The monoisotopic (exact) mass is 161 g/mol. The van der Waals surface area contributed by atoms with E-state index in [0.29, 0.717) is 25.7 Å². The van der Waals surface area contributed by atoms with Gasteiger partial charge in [0.1, 0.15) is 6.17 Å². The lowest BCUT2D eigenvalue weighted by Gasteiger charge is -2.23. The highest BCUT2D eigenvalue weighted by molar-refractivity contribution is 5.64. The van der Waals surface area contributed by atoms with Gasteiger partial charge in [-0.15, -0.1) is 0 Å². The number of amides is 1. The molecule has 0 radical (unpaired) electrons. The van der Waals surface area contributed by atoms with Gasteiger partial charge >= 0.3 is 6.09 Å². The molecule has 1 fully saturated rings. The number of carboxylic acid groups (broad SMARTS) is 1. The topological polar surface area (TPSA) is 49.3 Å². The second kappa shape index (κ2) is 3.55. The molecule has 3 nitrogen and oxygen atoms in total. The minimum Gasteiger partial charge on any atom is -0.465 e. The first kappa shape index (κ1) is 8.30. The third-order valence-electron chi connectivity index (χ3n) is 1.98. The van der Waals surface area contributed by atoms with Gasteiger partial charge in [0, 0.05) is 6.04 Å².